The summed E-state index contributed by atoms with van der Waals surface area (Å²) in [5, 5.41) is 11.2. The molecule has 118 valence electrons. The van der Waals surface area contributed by atoms with Crippen molar-refractivity contribution in [3.63, 3.8) is 0 Å². The van der Waals surface area contributed by atoms with Crippen molar-refractivity contribution in [2.45, 2.75) is 26.1 Å². The van der Waals surface area contributed by atoms with Gasteiger partial charge in [0.2, 0.25) is 0 Å². The minimum Gasteiger partial charge on any atom is -0.496 e. The van der Waals surface area contributed by atoms with E-state index in [4.69, 9.17) is 13.9 Å². The number of rotatable bonds is 6. The molecule has 1 unspecified atom stereocenters. The first kappa shape index (κ1) is 16.3. The lowest BCUT2D eigenvalue weighted by molar-refractivity contribution is -0.0188. The average Bonchev–Trinajstić information content (AvgIpc) is 2.51. The fourth-order valence-electron chi connectivity index (χ4n) is 2.35. The van der Waals surface area contributed by atoms with Crippen LogP contribution in [0, 0.1) is 0 Å². The molecule has 1 aromatic heterocycles. The molecule has 0 bridgehead atoms. The number of methoxy groups -OCH3 is 1. The van der Waals surface area contributed by atoms with Crippen molar-refractivity contribution in [3.05, 3.63) is 52.4 Å². The Bertz CT molecular complexity index is 731. The van der Waals surface area contributed by atoms with E-state index in [0.717, 1.165) is 5.39 Å². The van der Waals surface area contributed by atoms with E-state index < -0.39 is 17.8 Å². The van der Waals surface area contributed by atoms with Gasteiger partial charge in [-0.1, -0.05) is 6.58 Å². The molecule has 0 spiro atoms. The van der Waals surface area contributed by atoms with Crippen molar-refractivity contribution in [2.24, 2.45) is 0 Å². The normalized spacial score (nSPS) is 13.8. The monoisotopic (exact) mass is 304 g/mol. The second-order valence-electron chi connectivity index (χ2n) is 5.02. The number of hydrogen-bond acceptors (Lipinski definition) is 5. The van der Waals surface area contributed by atoms with Crippen LogP contribution in [0.15, 0.2) is 45.6 Å². The standard InChI is InChI=1S/C17H20O5/c1-5-21-17(15(19)10(2)3)14-12(20-4)8-6-11-7-9-13(18)22-16(11)14/h6-9,15,17,19H,2,5H2,1,3-4H3/t15-,17?/m0/s1. The summed E-state index contributed by atoms with van der Waals surface area (Å²) in [5.74, 6) is 0.487. The highest BCUT2D eigenvalue weighted by Gasteiger charge is 2.28. The molecule has 0 fully saturated rings. The van der Waals surface area contributed by atoms with Crippen LogP contribution in [0.1, 0.15) is 25.5 Å². The van der Waals surface area contributed by atoms with Crippen LogP contribution in [0.2, 0.25) is 0 Å². The van der Waals surface area contributed by atoms with E-state index in [1.54, 1.807) is 25.1 Å². The highest BCUT2D eigenvalue weighted by molar-refractivity contribution is 5.82. The van der Waals surface area contributed by atoms with Crippen LogP contribution in [0.3, 0.4) is 0 Å². The van der Waals surface area contributed by atoms with Crippen LogP contribution >= 0.6 is 0 Å². The van der Waals surface area contributed by atoms with Crippen LogP contribution in [0.25, 0.3) is 11.0 Å². The molecule has 1 aromatic carbocycles. The van der Waals surface area contributed by atoms with Gasteiger partial charge >= 0.3 is 5.63 Å². The summed E-state index contributed by atoms with van der Waals surface area (Å²) < 4.78 is 16.4. The van der Waals surface area contributed by atoms with Crippen molar-refractivity contribution in [3.8, 4) is 5.75 Å². The van der Waals surface area contributed by atoms with Crippen molar-refractivity contribution in [2.75, 3.05) is 13.7 Å². The van der Waals surface area contributed by atoms with Gasteiger partial charge in [-0.05, 0) is 37.6 Å². The van der Waals surface area contributed by atoms with Gasteiger partial charge in [0.1, 0.15) is 23.5 Å². The van der Waals surface area contributed by atoms with E-state index in [9.17, 15) is 9.90 Å². The van der Waals surface area contributed by atoms with Gasteiger partial charge in [0, 0.05) is 18.1 Å². The van der Waals surface area contributed by atoms with Gasteiger partial charge in [-0.25, -0.2) is 4.79 Å². The van der Waals surface area contributed by atoms with E-state index in [1.807, 2.05) is 6.92 Å². The second kappa shape index (κ2) is 6.77. The highest BCUT2D eigenvalue weighted by Crippen LogP contribution is 2.37. The number of hydrogen-bond donors (Lipinski definition) is 1. The van der Waals surface area contributed by atoms with Gasteiger partial charge < -0.3 is 19.0 Å². The first-order valence-electron chi connectivity index (χ1n) is 7.05. The maximum Gasteiger partial charge on any atom is 0.336 e. The predicted molar refractivity (Wildman–Crippen MR) is 84.2 cm³/mol. The summed E-state index contributed by atoms with van der Waals surface area (Å²) in [4.78, 5) is 11.6. The Hall–Kier alpha value is -2.11. The third-order valence-corrected chi connectivity index (χ3v) is 3.43. The SMILES string of the molecule is C=C(C)[C@H](O)C(OCC)c1c(OC)ccc2ccc(=O)oc12. The summed E-state index contributed by atoms with van der Waals surface area (Å²) in [6, 6.07) is 6.56. The molecule has 2 aromatic rings. The molecule has 22 heavy (non-hydrogen) atoms. The molecular formula is C17H20O5. The summed E-state index contributed by atoms with van der Waals surface area (Å²) in [6.45, 7) is 7.69. The molecular weight excluding hydrogens is 284 g/mol. The highest BCUT2D eigenvalue weighted by atomic mass is 16.5. The van der Waals surface area contributed by atoms with Gasteiger partial charge in [-0.3, -0.25) is 0 Å². The Morgan fingerprint density at radius 2 is 2.05 bits per heavy atom. The van der Waals surface area contributed by atoms with Crippen molar-refractivity contribution in [1.29, 1.82) is 0 Å². The van der Waals surface area contributed by atoms with Crippen molar-refractivity contribution in [1.82, 2.24) is 0 Å². The van der Waals surface area contributed by atoms with Crippen LogP contribution in [0.4, 0.5) is 0 Å². The Morgan fingerprint density at radius 3 is 2.64 bits per heavy atom. The maximum absolute atomic E-state index is 11.6. The van der Waals surface area contributed by atoms with Crippen molar-refractivity contribution < 1.29 is 19.0 Å². The predicted octanol–water partition coefficient (Wildman–Crippen LogP) is 2.82. The number of fused-ring (bicyclic) bond motifs is 1. The summed E-state index contributed by atoms with van der Waals surface area (Å²) in [5.41, 5.74) is 0.943. The molecule has 0 saturated heterocycles. The van der Waals surface area contributed by atoms with Gasteiger partial charge in [0.15, 0.2) is 0 Å². The fraction of sp³-hybridized carbons (Fsp3) is 0.353. The molecule has 2 atom stereocenters. The van der Waals surface area contributed by atoms with E-state index in [1.165, 1.54) is 13.2 Å². The molecule has 5 nitrogen and oxygen atoms in total. The fourth-order valence-corrected chi connectivity index (χ4v) is 2.35. The summed E-state index contributed by atoms with van der Waals surface area (Å²) >= 11 is 0. The van der Waals surface area contributed by atoms with Gasteiger partial charge in [-0.2, -0.15) is 0 Å². The third kappa shape index (κ3) is 3.05. The zero-order valence-corrected chi connectivity index (χ0v) is 13.0. The molecule has 1 heterocycles. The van der Waals surface area contributed by atoms with Gasteiger partial charge in [0.05, 0.1) is 12.7 Å². The molecule has 0 aliphatic heterocycles. The van der Waals surface area contributed by atoms with Crippen LogP contribution in [-0.2, 0) is 4.74 Å². The molecule has 5 heteroatoms. The minimum absolute atomic E-state index is 0.352. The molecule has 0 aliphatic rings. The summed E-state index contributed by atoms with van der Waals surface area (Å²) in [7, 11) is 1.52. The first-order chi connectivity index (χ1) is 10.5. The van der Waals surface area contributed by atoms with Crippen LogP contribution in [0.5, 0.6) is 5.75 Å². The first-order valence-corrected chi connectivity index (χ1v) is 7.05. The average molecular weight is 304 g/mol. The van der Waals surface area contributed by atoms with Crippen LogP contribution < -0.4 is 10.4 Å². The second-order valence-corrected chi connectivity index (χ2v) is 5.02. The number of benzene rings is 1. The minimum atomic E-state index is -0.940. The molecule has 0 aliphatic carbocycles. The quantitative estimate of drug-likeness (QED) is 0.656. The van der Waals surface area contributed by atoms with Crippen LogP contribution in [-0.4, -0.2) is 24.9 Å². The molecule has 0 radical (unpaired) electrons. The number of aliphatic hydroxyl groups excluding tert-OH is 1. The number of ether oxygens (including phenoxy) is 2. The third-order valence-electron chi connectivity index (χ3n) is 3.43. The Morgan fingerprint density at radius 1 is 1.36 bits per heavy atom. The van der Waals surface area contributed by atoms with E-state index in [-0.39, 0.29) is 0 Å². The summed E-state index contributed by atoms with van der Waals surface area (Å²) in [6.07, 6.45) is -1.67. The number of aliphatic hydroxyl groups is 1. The topological polar surface area (TPSA) is 68.9 Å². The van der Waals surface area contributed by atoms with Gasteiger partial charge in [0.25, 0.3) is 0 Å². The Labute approximate surface area is 128 Å². The van der Waals surface area contributed by atoms with Gasteiger partial charge in [-0.15, -0.1) is 0 Å². The zero-order valence-electron chi connectivity index (χ0n) is 13.0. The molecule has 1 N–H and O–H groups in total. The lowest BCUT2D eigenvalue weighted by Crippen LogP contribution is -2.23. The molecule has 2 rings (SSSR count). The Kier molecular flexibility index (Phi) is 5.00. The lowest BCUT2D eigenvalue weighted by Gasteiger charge is -2.25. The molecule has 0 amide bonds. The van der Waals surface area contributed by atoms with E-state index >= 15 is 0 Å². The van der Waals surface area contributed by atoms with Crippen molar-refractivity contribution >= 4 is 11.0 Å². The zero-order chi connectivity index (χ0) is 16.3. The largest absolute Gasteiger partial charge is 0.496 e. The maximum atomic E-state index is 11.6. The smallest absolute Gasteiger partial charge is 0.336 e. The Balaban J connectivity index is 2.75. The van der Waals surface area contributed by atoms with E-state index in [2.05, 4.69) is 6.58 Å². The molecule has 0 saturated carbocycles. The van der Waals surface area contributed by atoms with E-state index in [0.29, 0.717) is 29.1 Å². The lowest BCUT2D eigenvalue weighted by atomic mass is 9.97.